The molecule has 0 unspecified atom stereocenters. The molecule has 1 atom stereocenters. The van der Waals surface area contributed by atoms with Gasteiger partial charge in [-0.15, -0.1) is 5.10 Å². The summed E-state index contributed by atoms with van der Waals surface area (Å²) in [4.78, 5) is 17.7. The number of benzene rings is 3. The van der Waals surface area contributed by atoms with E-state index in [0.29, 0.717) is 22.4 Å². The van der Waals surface area contributed by atoms with Crippen molar-refractivity contribution in [3.8, 4) is 17.1 Å². The molecule has 0 bridgehead atoms. The first-order chi connectivity index (χ1) is 14.7. The molecule has 0 aliphatic carbocycles. The van der Waals surface area contributed by atoms with Gasteiger partial charge in [0.1, 0.15) is 11.0 Å². The first kappa shape index (κ1) is 19.7. The number of carbonyl (C=O) groups excluding carboxylic acids is 1. The minimum absolute atomic E-state index is 0.162. The van der Waals surface area contributed by atoms with Gasteiger partial charge in [-0.2, -0.15) is 0 Å². The van der Waals surface area contributed by atoms with Gasteiger partial charge >= 0.3 is 0 Å². The van der Waals surface area contributed by atoms with Gasteiger partial charge in [-0.25, -0.2) is 4.98 Å². The first-order valence-electron chi connectivity index (χ1n) is 9.37. The highest BCUT2D eigenvalue weighted by Crippen LogP contribution is 2.35. The summed E-state index contributed by atoms with van der Waals surface area (Å²) < 4.78 is 5.24. The van der Waals surface area contributed by atoms with Crippen LogP contribution in [0.1, 0.15) is 10.8 Å². The number of thioether (sulfide) groups is 1. The maximum absolute atomic E-state index is 13.2. The van der Waals surface area contributed by atoms with E-state index < -0.39 is 5.25 Å². The fraction of sp³-hybridized carbons (Fsp3) is 0.0870. The quantitative estimate of drug-likeness (QED) is 0.417. The minimum atomic E-state index is -0.517. The molecule has 0 fully saturated rings. The summed E-state index contributed by atoms with van der Waals surface area (Å²) in [6.45, 7) is 0. The van der Waals surface area contributed by atoms with Crippen molar-refractivity contribution < 1.29 is 9.53 Å². The first-order valence-corrected chi connectivity index (χ1v) is 10.3. The maximum atomic E-state index is 13.2. The third kappa shape index (κ3) is 4.69. The van der Waals surface area contributed by atoms with Crippen molar-refractivity contribution in [3.05, 3.63) is 90.5 Å². The SMILES string of the molecule is COc1cccc(NC(=O)[C@H](Sc2n[nH]c(-c3ccccc3)n2)c2ccccc2)c1. The predicted molar refractivity (Wildman–Crippen MR) is 118 cm³/mol. The lowest BCUT2D eigenvalue weighted by atomic mass is 10.1. The highest BCUT2D eigenvalue weighted by molar-refractivity contribution is 8.00. The molecule has 0 saturated heterocycles. The summed E-state index contributed by atoms with van der Waals surface area (Å²) in [5.74, 6) is 1.18. The van der Waals surface area contributed by atoms with Gasteiger partial charge in [0.15, 0.2) is 5.82 Å². The van der Waals surface area contributed by atoms with Crippen molar-refractivity contribution in [2.45, 2.75) is 10.4 Å². The van der Waals surface area contributed by atoms with Gasteiger partial charge in [0.2, 0.25) is 11.1 Å². The Morgan fingerprint density at radius 2 is 1.73 bits per heavy atom. The van der Waals surface area contributed by atoms with Crippen molar-refractivity contribution in [1.82, 2.24) is 15.2 Å². The molecule has 30 heavy (non-hydrogen) atoms. The molecule has 0 radical (unpaired) electrons. The summed E-state index contributed by atoms with van der Waals surface area (Å²) in [6.07, 6.45) is 0. The number of amides is 1. The largest absolute Gasteiger partial charge is 0.497 e. The number of anilines is 1. The van der Waals surface area contributed by atoms with E-state index in [1.165, 1.54) is 11.8 Å². The van der Waals surface area contributed by atoms with Crippen LogP contribution >= 0.6 is 11.8 Å². The summed E-state index contributed by atoms with van der Waals surface area (Å²) in [5, 5.41) is 10.2. The average molecular weight is 417 g/mol. The monoisotopic (exact) mass is 416 g/mol. The van der Waals surface area contributed by atoms with Crippen LogP contribution in [0.2, 0.25) is 0 Å². The van der Waals surface area contributed by atoms with Crippen molar-refractivity contribution >= 4 is 23.4 Å². The highest BCUT2D eigenvalue weighted by Gasteiger charge is 2.24. The second-order valence-electron chi connectivity index (χ2n) is 6.46. The van der Waals surface area contributed by atoms with Crippen LogP contribution in [0, 0.1) is 0 Å². The number of aromatic amines is 1. The maximum Gasteiger partial charge on any atom is 0.242 e. The number of nitrogens with one attached hydrogen (secondary N) is 2. The Hall–Kier alpha value is -3.58. The van der Waals surface area contributed by atoms with E-state index in [0.717, 1.165) is 11.1 Å². The summed E-state index contributed by atoms with van der Waals surface area (Å²) in [5.41, 5.74) is 2.48. The van der Waals surface area contributed by atoms with E-state index >= 15 is 0 Å². The Morgan fingerprint density at radius 3 is 2.47 bits per heavy atom. The van der Waals surface area contributed by atoms with Crippen LogP contribution in [0.15, 0.2) is 90.1 Å². The highest BCUT2D eigenvalue weighted by atomic mass is 32.2. The van der Waals surface area contributed by atoms with Gasteiger partial charge in [-0.1, -0.05) is 78.5 Å². The molecular formula is C23H20N4O2S. The van der Waals surface area contributed by atoms with Crippen molar-refractivity contribution in [2.24, 2.45) is 0 Å². The lowest BCUT2D eigenvalue weighted by Gasteiger charge is -2.16. The smallest absolute Gasteiger partial charge is 0.242 e. The molecule has 4 aromatic rings. The van der Waals surface area contributed by atoms with Gasteiger partial charge in [-0.05, 0) is 17.7 Å². The molecule has 3 aromatic carbocycles. The number of aromatic nitrogens is 3. The number of nitrogens with zero attached hydrogens (tertiary/aromatic N) is 2. The number of carbonyl (C=O) groups is 1. The van der Waals surface area contributed by atoms with Crippen LogP contribution in [0.25, 0.3) is 11.4 Å². The molecule has 0 saturated carbocycles. The Kier molecular flexibility index (Phi) is 6.10. The third-order valence-corrected chi connectivity index (χ3v) is 5.53. The molecular weight excluding hydrogens is 396 g/mol. The van der Waals surface area contributed by atoms with Crippen LogP contribution in [-0.2, 0) is 4.79 Å². The van der Waals surface area contributed by atoms with Crippen molar-refractivity contribution in [3.63, 3.8) is 0 Å². The van der Waals surface area contributed by atoms with E-state index in [2.05, 4.69) is 20.5 Å². The van der Waals surface area contributed by atoms with Crippen LogP contribution < -0.4 is 10.1 Å². The van der Waals surface area contributed by atoms with Crippen LogP contribution in [0.5, 0.6) is 5.75 Å². The molecule has 4 rings (SSSR count). The summed E-state index contributed by atoms with van der Waals surface area (Å²) in [7, 11) is 1.59. The van der Waals surface area contributed by atoms with E-state index in [4.69, 9.17) is 4.74 Å². The zero-order valence-electron chi connectivity index (χ0n) is 16.3. The van der Waals surface area contributed by atoms with Crippen LogP contribution in [-0.4, -0.2) is 28.2 Å². The number of ether oxygens (including phenoxy) is 1. The number of hydrogen-bond donors (Lipinski definition) is 2. The lowest BCUT2D eigenvalue weighted by Crippen LogP contribution is -2.19. The molecule has 1 amide bonds. The predicted octanol–water partition coefficient (Wildman–Crippen LogP) is 4.95. The van der Waals surface area contributed by atoms with Crippen LogP contribution in [0.4, 0.5) is 5.69 Å². The average Bonchev–Trinajstić information content (AvgIpc) is 3.27. The van der Waals surface area contributed by atoms with Gasteiger partial charge in [-0.3, -0.25) is 9.89 Å². The molecule has 2 N–H and O–H groups in total. The number of rotatable bonds is 7. The third-order valence-electron chi connectivity index (χ3n) is 4.41. The van der Waals surface area contributed by atoms with E-state index in [1.54, 1.807) is 13.2 Å². The fourth-order valence-electron chi connectivity index (χ4n) is 2.94. The van der Waals surface area contributed by atoms with E-state index in [-0.39, 0.29) is 5.91 Å². The van der Waals surface area contributed by atoms with E-state index in [1.807, 2.05) is 78.9 Å². The molecule has 1 heterocycles. The molecule has 6 nitrogen and oxygen atoms in total. The Labute approximate surface area is 178 Å². The second-order valence-corrected chi connectivity index (χ2v) is 7.53. The molecule has 0 spiro atoms. The summed E-state index contributed by atoms with van der Waals surface area (Å²) >= 11 is 1.30. The molecule has 1 aromatic heterocycles. The second kappa shape index (κ2) is 9.28. The normalized spacial score (nSPS) is 11.6. The van der Waals surface area contributed by atoms with E-state index in [9.17, 15) is 4.79 Å². The summed E-state index contributed by atoms with van der Waals surface area (Å²) in [6, 6.07) is 26.6. The standard InChI is InChI=1S/C23H20N4O2S/c1-29-19-14-8-13-18(15-19)24-22(28)20(16-9-4-2-5-10-16)30-23-25-21(26-27-23)17-11-6-3-7-12-17/h2-15,20H,1H3,(H,24,28)(H,25,26,27)/t20-/m1/s1. The van der Waals surface area contributed by atoms with Gasteiger partial charge in [0, 0.05) is 17.3 Å². The molecule has 150 valence electrons. The number of H-pyrrole nitrogens is 1. The van der Waals surface area contributed by atoms with Crippen molar-refractivity contribution in [2.75, 3.05) is 12.4 Å². The number of methoxy groups -OCH3 is 1. The fourth-order valence-corrected chi connectivity index (χ4v) is 3.85. The Balaban J connectivity index is 1.57. The van der Waals surface area contributed by atoms with Gasteiger partial charge in [0.05, 0.1) is 7.11 Å². The Bertz CT molecular complexity index is 1120. The van der Waals surface area contributed by atoms with Crippen LogP contribution in [0.3, 0.4) is 0 Å². The number of hydrogen-bond acceptors (Lipinski definition) is 5. The molecule has 0 aliphatic heterocycles. The Morgan fingerprint density at radius 1 is 1.00 bits per heavy atom. The topological polar surface area (TPSA) is 79.9 Å². The van der Waals surface area contributed by atoms with Gasteiger partial charge in [0.25, 0.3) is 0 Å². The zero-order chi connectivity index (χ0) is 20.8. The zero-order valence-corrected chi connectivity index (χ0v) is 17.1. The van der Waals surface area contributed by atoms with Gasteiger partial charge < -0.3 is 10.1 Å². The minimum Gasteiger partial charge on any atom is -0.497 e. The lowest BCUT2D eigenvalue weighted by molar-refractivity contribution is -0.115. The molecule has 7 heteroatoms. The molecule has 0 aliphatic rings. The van der Waals surface area contributed by atoms with Crippen molar-refractivity contribution in [1.29, 1.82) is 0 Å².